The van der Waals surface area contributed by atoms with Crippen LogP contribution in [0.4, 0.5) is 10.3 Å². The highest BCUT2D eigenvalue weighted by atomic mass is 35.5. The van der Waals surface area contributed by atoms with Gasteiger partial charge in [-0.2, -0.15) is 0 Å². The van der Waals surface area contributed by atoms with E-state index >= 15 is 0 Å². The first kappa shape index (κ1) is 16.5. The minimum absolute atomic E-state index is 0.373. The van der Waals surface area contributed by atoms with Gasteiger partial charge in [0.1, 0.15) is 5.52 Å². The number of carbonyl (C=O) groups excluding carboxylic acids is 1. The molecule has 4 aromatic rings. The molecule has 2 aromatic heterocycles. The summed E-state index contributed by atoms with van der Waals surface area (Å²) in [4.78, 5) is 20.6. The third-order valence-corrected chi connectivity index (χ3v) is 6.14. The lowest BCUT2D eigenvalue weighted by atomic mass is 10.2. The summed E-state index contributed by atoms with van der Waals surface area (Å²) in [6.45, 7) is 0. The van der Waals surface area contributed by atoms with E-state index in [1.807, 2.05) is 6.07 Å². The van der Waals surface area contributed by atoms with Crippen LogP contribution in [-0.2, 0) is 4.74 Å². The van der Waals surface area contributed by atoms with Crippen LogP contribution in [0.5, 0.6) is 0 Å². The molecule has 0 radical (unpaired) electrons. The van der Waals surface area contributed by atoms with Crippen molar-refractivity contribution in [3.05, 3.63) is 45.9 Å². The number of aromatic nitrogens is 2. The van der Waals surface area contributed by atoms with Crippen LogP contribution in [-0.4, -0.2) is 23.0 Å². The Labute approximate surface area is 160 Å². The molecule has 0 aliphatic heterocycles. The highest BCUT2D eigenvalue weighted by molar-refractivity contribution is 7.24. The fourth-order valence-corrected chi connectivity index (χ4v) is 4.56. The van der Waals surface area contributed by atoms with Crippen molar-refractivity contribution in [2.24, 2.45) is 0 Å². The van der Waals surface area contributed by atoms with E-state index in [4.69, 9.17) is 27.9 Å². The van der Waals surface area contributed by atoms with E-state index in [0.29, 0.717) is 31.4 Å². The molecule has 0 aliphatic carbocycles. The van der Waals surface area contributed by atoms with E-state index in [0.717, 1.165) is 14.9 Å². The summed E-state index contributed by atoms with van der Waals surface area (Å²) in [5.74, 6) is -0.373. The zero-order chi connectivity index (χ0) is 17.6. The summed E-state index contributed by atoms with van der Waals surface area (Å²) in [7, 11) is 1.36. The second-order valence-electron chi connectivity index (χ2n) is 5.05. The second kappa shape index (κ2) is 6.42. The van der Waals surface area contributed by atoms with Crippen molar-refractivity contribution >= 4 is 82.5 Å². The molecule has 0 bridgehead atoms. The summed E-state index contributed by atoms with van der Waals surface area (Å²) < 4.78 is 6.56. The lowest BCUT2D eigenvalue weighted by Gasteiger charge is -1.97. The van der Waals surface area contributed by atoms with E-state index in [2.05, 4.69) is 15.3 Å². The van der Waals surface area contributed by atoms with Gasteiger partial charge in [-0.05, 0) is 30.3 Å². The SMILES string of the molecule is COC(=O)c1ccc2nc(Nc3nc4c(Cl)c(Cl)ccc4s3)sc2c1. The van der Waals surface area contributed by atoms with E-state index < -0.39 is 0 Å². The van der Waals surface area contributed by atoms with Gasteiger partial charge in [0.15, 0.2) is 10.3 Å². The largest absolute Gasteiger partial charge is 0.465 e. The molecule has 126 valence electrons. The Balaban J connectivity index is 1.68. The van der Waals surface area contributed by atoms with E-state index in [1.54, 1.807) is 24.3 Å². The van der Waals surface area contributed by atoms with Gasteiger partial charge in [-0.15, -0.1) is 0 Å². The van der Waals surface area contributed by atoms with E-state index in [9.17, 15) is 4.79 Å². The van der Waals surface area contributed by atoms with Crippen molar-refractivity contribution in [3.63, 3.8) is 0 Å². The summed E-state index contributed by atoms with van der Waals surface area (Å²) in [5, 5.41) is 5.45. The van der Waals surface area contributed by atoms with Crippen molar-refractivity contribution in [3.8, 4) is 0 Å². The highest BCUT2D eigenvalue weighted by Gasteiger charge is 2.13. The number of thiazole rings is 2. The third kappa shape index (κ3) is 3.04. The number of fused-ring (bicyclic) bond motifs is 2. The maximum Gasteiger partial charge on any atom is 0.337 e. The zero-order valence-electron chi connectivity index (χ0n) is 12.7. The number of rotatable bonds is 3. The molecule has 5 nitrogen and oxygen atoms in total. The Kier molecular flexibility index (Phi) is 4.24. The van der Waals surface area contributed by atoms with Crippen molar-refractivity contribution in [2.45, 2.75) is 0 Å². The van der Waals surface area contributed by atoms with Crippen LogP contribution in [0.15, 0.2) is 30.3 Å². The normalized spacial score (nSPS) is 11.2. The lowest BCUT2D eigenvalue weighted by Crippen LogP contribution is -1.99. The number of ether oxygens (including phenoxy) is 1. The maximum atomic E-state index is 11.6. The van der Waals surface area contributed by atoms with Crippen LogP contribution in [0.2, 0.25) is 10.0 Å². The maximum absolute atomic E-state index is 11.6. The van der Waals surface area contributed by atoms with Crippen LogP contribution >= 0.6 is 45.9 Å². The molecule has 0 atom stereocenters. The predicted octanol–water partition coefficient (Wildman–Crippen LogP) is 5.74. The smallest absolute Gasteiger partial charge is 0.337 e. The molecule has 0 amide bonds. The van der Waals surface area contributed by atoms with Crippen LogP contribution in [0, 0.1) is 0 Å². The standard InChI is InChI=1S/C16H9Cl2N3O2S2/c1-23-14(22)7-2-4-9-11(6-7)25-15(19-9)21-16-20-13-10(24-16)5-3-8(17)12(13)18/h2-6H,1H3,(H,19,20,21). The first-order valence-corrected chi connectivity index (χ1v) is 9.44. The molecule has 0 saturated heterocycles. The molecule has 0 aliphatic rings. The molecule has 2 aromatic carbocycles. The second-order valence-corrected chi connectivity index (χ2v) is 7.89. The number of anilines is 2. The van der Waals surface area contributed by atoms with Gasteiger partial charge < -0.3 is 10.1 Å². The number of hydrogen-bond acceptors (Lipinski definition) is 7. The van der Waals surface area contributed by atoms with E-state index in [1.165, 1.54) is 29.8 Å². The summed E-state index contributed by atoms with van der Waals surface area (Å²) in [5.41, 5.74) is 1.95. The highest BCUT2D eigenvalue weighted by Crippen LogP contribution is 2.37. The topological polar surface area (TPSA) is 64.1 Å². The van der Waals surface area contributed by atoms with Gasteiger partial charge in [0.25, 0.3) is 0 Å². The molecule has 0 fully saturated rings. The molecule has 4 rings (SSSR count). The fourth-order valence-electron chi connectivity index (χ4n) is 2.31. The Morgan fingerprint density at radius 2 is 1.84 bits per heavy atom. The molecule has 9 heteroatoms. The Bertz CT molecular complexity index is 1120. The number of carbonyl (C=O) groups is 1. The molecule has 0 saturated carbocycles. The molecule has 25 heavy (non-hydrogen) atoms. The van der Waals surface area contributed by atoms with Crippen LogP contribution in [0.1, 0.15) is 10.4 Å². The number of nitrogens with one attached hydrogen (secondary N) is 1. The average Bonchev–Trinajstić information content (AvgIpc) is 3.20. The van der Waals surface area contributed by atoms with Crippen LogP contribution in [0.3, 0.4) is 0 Å². The average molecular weight is 410 g/mol. The van der Waals surface area contributed by atoms with Crippen LogP contribution in [0.25, 0.3) is 20.4 Å². The molecule has 2 heterocycles. The number of nitrogens with zero attached hydrogens (tertiary/aromatic N) is 2. The summed E-state index contributed by atoms with van der Waals surface area (Å²) in [6, 6.07) is 8.88. The van der Waals surface area contributed by atoms with Crippen molar-refractivity contribution in [1.29, 1.82) is 0 Å². The van der Waals surface area contributed by atoms with Crippen molar-refractivity contribution in [1.82, 2.24) is 9.97 Å². The summed E-state index contributed by atoms with van der Waals surface area (Å²) >= 11 is 15.1. The Morgan fingerprint density at radius 3 is 2.64 bits per heavy atom. The van der Waals surface area contributed by atoms with Crippen LogP contribution < -0.4 is 5.32 Å². The quantitative estimate of drug-likeness (QED) is 0.436. The van der Waals surface area contributed by atoms with Gasteiger partial charge in [-0.25, -0.2) is 14.8 Å². The van der Waals surface area contributed by atoms with Gasteiger partial charge in [-0.1, -0.05) is 45.9 Å². The van der Waals surface area contributed by atoms with Crippen molar-refractivity contribution < 1.29 is 9.53 Å². The molecule has 1 N–H and O–H groups in total. The zero-order valence-corrected chi connectivity index (χ0v) is 15.8. The monoisotopic (exact) mass is 409 g/mol. The molecular weight excluding hydrogens is 401 g/mol. The number of esters is 1. The van der Waals surface area contributed by atoms with Gasteiger partial charge in [0.2, 0.25) is 0 Å². The minimum Gasteiger partial charge on any atom is -0.465 e. The van der Waals surface area contributed by atoms with Crippen molar-refractivity contribution in [2.75, 3.05) is 12.4 Å². The number of benzene rings is 2. The minimum atomic E-state index is -0.373. The van der Waals surface area contributed by atoms with E-state index in [-0.39, 0.29) is 5.97 Å². The first-order valence-electron chi connectivity index (χ1n) is 7.05. The number of halogens is 2. The third-order valence-electron chi connectivity index (χ3n) is 3.48. The van der Waals surface area contributed by atoms with Gasteiger partial charge in [0.05, 0.1) is 37.6 Å². The predicted molar refractivity (Wildman–Crippen MR) is 104 cm³/mol. The lowest BCUT2D eigenvalue weighted by molar-refractivity contribution is 0.0601. The fraction of sp³-hybridized carbons (Fsp3) is 0.0625. The number of hydrogen-bond donors (Lipinski definition) is 1. The Morgan fingerprint density at radius 1 is 1.08 bits per heavy atom. The molecular formula is C16H9Cl2N3O2S2. The Hall–Kier alpha value is -1.93. The molecule has 0 spiro atoms. The molecule has 0 unspecified atom stereocenters. The van der Waals surface area contributed by atoms with Gasteiger partial charge in [-0.3, -0.25) is 0 Å². The van der Waals surface area contributed by atoms with Gasteiger partial charge >= 0.3 is 5.97 Å². The first-order chi connectivity index (χ1) is 12.0. The van der Waals surface area contributed by atoms with Gasteiger partial charge in [0, 0.05) is 0 Å². The number of methoxy groups -OCH3 is 1. The summed E-state index contributed by atoms with van der Waals surface area (Å²) in [6.07, 6.45) is 0.